The minimum Gasteiger partial charge on any atom is -0.379 e. The van der Waals surface area contributed by atoms with Crippen molar-refractivity contribution in [3.05, 3.63) is 16.1 Å². The van der Waals surface area contributed by atoms with Crippen molar-refractivity contribution in [3.8, 4) is 0 Å². The minimum atomic E-state index is 0.147. The van der Waals surface area contributed by atoms with Gasteiger partial charge < -0.3 is 10.1 Å². The summed E-state index contributed by atoms with van der Waals surface area (Å²) >= 11 is 1.76. The van der Waals surface area contributed by atoms with Gasteiger partial charge in [0.25, 0.3) is 0 Å². The van der Waals surface area contributed by atoms with Crippen LogP contribution in [0.5, 0.6) is 0 Å². The predicted octanol–water partition coefficient (Wildman–Crippen LogP) is 2.25. The van der Waals surface area contributed by atoms with E-state index >= 15 is 0 Å². The maximum atomic E-state index is 5.37. The van der Waals surface area contributed by atoms with Gasteiger partial charge >= 0.3 is 0 Å². The Morgan fingerprint density at radius 2 is 2.10 bits per heavy atom. The van der Waals surface area contributed by atoms with E-state index in [4.69, 9.17) is 9.72 Å². The molecule has 114 valence electrons. The lowest BCUT2D eigenvalue weighted by atomic mass is 9.93. The second-order valence-electron chi connectivity index (χ2n) is 6.57. The van der Waals surface area contributed by atoms with Crippen LogP contribution >= 0.6 is 11.3 Å². The standard InChI is InChI=1S/C15H27N3OS/c1-12(10-18-5-7-19-8-6-18)16-9-14-17-13(11-20-14)15(2,3)4/h11-12,16H,5-10H2,1-4H3. The zero-order chi connectivity index (χ0) is 14.6. The Morgan fingerprint density at radius 3 is 2.70 bits per heavy atom. The summed E-state index contributed by atoms with van der Waals surface area (Å²) in [7, 11) is 0. The minimum absolute atomic E-state index is 0.147. The molecule has 5 heteroatoms. The van der Waals surface area contributed by atoms with Gasteiger partial charge in [0.05, 0.1) is 18.9 Å². The quantitative estimate of drug-likeness (QED) is 0.904. The molecule has 20 heavy (non-hydrogen) atoms. The maximum absolute atomic E-state index is 5.37. The van der Waals surface area contributed by atoms with Crippen molar-refractivity contribution in [3.63, 3.8) is 0 Å². The third-order valence-electron chi connectivity index (χ3n) is 3.56. The fourth-order valence-corrected chi connectivity index (χ4v) is 3.21. The molecule has 1 aromatic rings. The van der Waals surface area contributed by atoms with Gasteiger partial charge in [-0.25, -0.2) is 4.98 Å². The van der Waals surface area contributed by atoms with Gasteiger partial charge in [0, 0.05) is 43.0 Å². The highest BCUT2D eigenvalue weighted by Gasteiger charge is 2.18. The summed E-state index contributed by atoms with van der Waals surface area (Å²) in [5.74, 6) is 0. The third-order valence-corrected chi connectivity index (χ3v) is 4.41. The predicted molar refractivity (Wildman–Crippen MR) is 84.4 cm³/mol. The number of rotatable bonds is 5. The molecule has 1 aromatic heterocycles. The molecule has 2 heterocycles. The van der Waals surface area contributed by atoms with Gasteiger partial charge in [-0.1, -0.05) is 20.8 Å². The summed E-state index contributed by atoms with van der Waals surface area (Å²) in [5.41, 5.74) is 1.34. The van der Waals surface area contributed by atoms with Crippen molar-refractivity contribution in [1.82, 2.24) is 15.2 Å². The normalized spacial score (nSPS) is 19.2. The molecule has 0 aliphatic carbocycles. The van der Waals surface area contributed by atoms with Crippen LogP contribution in [0, 0.1) is 0 Å². The first-order valence-electron chi connectivity index (χ1n) is 7.43. The van der Waals surface area contributed by atoms with Crippen LogP contribution in [0.1, 0.15) is 38.4 Å². The van der Waals surface area contributed by atoms with E-state index in [2.05, 4.69) is 43.3 Å². The van der Waals surface area contributed by atoms with Crippen LogP contribution in [-0.2, 0) is 16.7 Å². The number of hydrogen-bond donors (Lipinski definition) is 1. The largest absolute Gasteiger partial charge is 0.379 e. The molecule has 2 rings (SSSR count). The molecule has 0 spiro atoms. The molecular formula is C15H27N3OS. The zero-order valence-electron chi connectivity index (χ0n) is 13.1. The molecular weight excluding hydrogens is 270 g/mol. The monoisotopic (exact) mass is 297 g/mol. The van der Waals surface area contributed by atoms with E-state index < -0.39 is 0 Å². The van der Waals surface area contributed by atoms with E-state index in [1.807, 2.05) is 0 Å². The second kappa shape index (κ2) is 6.98. The summed E-state index contributed by atoms with van der Waals surface area (Å²) in [5, 5.41) is 6.94. The summed E-state index contributed by atoms with van der Waals surface area (Å²) in [6.07, 6.45) is 0. The average molecular weight is 297 g/mol. The van der Waals surface area contributed by atoms with Crippen LogP contribution in [-0.4, -0.2) is 48.8 Å². The number of aromatic nitrogens is 1. The smallest absolute Gasteiger partial charge is 0.107 e. The molecule has 1 aliphatic heterocycles. The van der Waals surface area contributed by atoms with Gasteiger partial charge in [0.2, 0.25) is 0 Å². The van der Waals surface area contributed by atoms with E-state index in [1.54, 1.807) is 11.3 Å². The molecule has 1 fully saturated rings. The highest BCUT2D eigenvalue weighted by molar-refractivity contribution is 7.09. The SMILES string of the molecule is CC(CN1CCOCC1)NCc1nc(C(C)(C)C)cs1. The Bertz CT molecular complexity index is 407. The molecule has 0 saturated carbocycles. The van der Waals surface area contributed by atoms with Gasteiger partial charge in [-0.05, 0) is 6.92 Å². The molecule has 0 bridgehead atoms. The van der Waals surface area contributed by atoms with Gasteiger partial charge in [-0.15, -0.1) is 11.3 Å². The maximum Gasteiger partial charge on any atom is 0.107 e. The van der Waals surface area contributed by atoms with Crippen LogP contribution < -0.4 is 5.32 Å². The van der Waals surface area contributed by atoms with Crippen LogP contribution in [0.25, 0.3) is 0 Å². The van der Waals surface area contributed by atoms with Gasteiger partial charge in [0.1, 0.15) is 5.01 Å². The Morgan fingerprint density at radius 1 is 1.40 bits per heavy atom. The number of nitrogens with one attached hydrogen (secondary N) is 1. The fraction of sp³-hybridized carbons (Fsp3) is 0.800. The Hall–Kier alpha value is -0.490. The summed E-state index contributed by atoms with van der Waals surface area (Å²) in [6, 6.07) is 0.482. The van der Waals surface area contributed by atoms with Crippen LogP contribution in [0.2, 0.25) is 0 Å². The number of nitrogens with zero attached hydrogens (tertiary/aromatic N) is 2. The van der Waals surface area contributed by atoms with Gasteiger partial charge in [-0.3, -0.25) is 4.90 Å². The molecule has 4 nitrogen and oxygen atoms in total. The topological polar surface area (TPSA) is 37.4 Å². The van der Waals surface area contributed by atoms with E-state index in [-0.39, 0.29) is 5.41 Å². The highest BCUT2D eigenvalue weighted by atomic mass is 32.1. The van der Waals surface area contributed by atoms with E-state index in [0.717, 1.165) is 39.4 Å². The molecule has 0 radical (unpaired) electrons. The first-order valence-corrected chi connectivity index (χ1v) is 8.31. The first-order chi connectivity index (χ1) is 9.45. The van der Waals surface area contributed by atoms with Crippen LogP contribution in [0.15, 0.2) is 5.38 Å². The van der Waals surface area contributed by atoms with Crippen molar-refractivity contribution in [1.29, 1.82) is 0 Å². The van der Waals surface area contributed by atoms with Crippen molar-refractivity contribution < 1.29 is 4.74 Å². The Labute approximate surface area is 126 Å². The lowest BCUT2D eigenvalue weighted by Gasteiger charge is -2.29. The summed E-state index contributed by atoms with van der Waals surface area (Å²) in [4.78, 5) is 7.18. The van der Waals surface area contributed by atoms with Crippen molar-refractivity contribution in [2.75, 3.05) is 32.8 Å². The average Bonchev–Trinajstić information content (AvgIpc) is 2.86. The summed E-state index contributed by atoms with van der Waals surface area (Å²) in [6.45, 7) is 14.7. The molecule has 0 amide bonds. The van der Waals surface area contributed by atoms with E-state index in [0.29, 0.717) is 6.04 Å². The van der Waals surface area contributed by atoms with Crippen molar-refractivity contribution in [2.24, 2.45) is 0 Å². The fourth-order valence-electron chi connectivity index (χ4n) is 2.23. The third kappa shape index (κ3) is 4.81. The molecule has 1 saturated heterocycles. The molecule has 1 N–H and O–H groups in total. The molecule has 1 unspecified atom stereocenters. The van der Waals surface area contributed by atoms with Gasteiger partial charge in [0.15, 0.2) is 0 Å². The lowest BCUT2D eigenvalue weighted by molar-refractivity contribution is 0.0343. The molecule has 1 atom stereocenters. The number of ether oxygens (including phenoxy) is 1. The second-order valence-corrected chi connectivity index (χ2v) is 7.51. The highest BCUT2D eigenvalue weighted by Crippen LogP contribution is 2.23. The molecule has 0 aromatic carbocycles. The summed E-state index contributed by atoms with van der Waals surface area (Å²) < 4.78 is 5.37. The van der Waals surface area contributed by atoms with Crippen molar-refractivity contribution in [2.45, 2.75) is 45.7 Å². The number of thiazole rings is 1. The number of morpholine rings is 1. The van der Waals surface area contributed by atoms with E-state index in [1.165, 1.54) is 10.7 Å². The van der Waals surface area contributed by atoms with Crippen LogP contribution in [0.4, 0.5) is 0 Å². The molecule has 1 aliphatic rings. The van der Waals surface area contributed by atoms with E-state index in [9.17, 15) is 0 Å². The van der Waals surface area contributed by atoms with Crippen molar-refractivity contribution >= 4 is 11.3 Å². The number of hydrogen-bond acceptors (Lipinski definition) is 5. The zero-order valence-corrected chi connectivity index (χ0v) is 13.9. The Kier molecular flexibility index (Phi) is 5.55. The first kappa shape index (κ1) is 15.9. The Balaban J connectivity index is 1.75. The van der Waals surface area contributed by atoms with Crippen LogP contribution in [0.3, 0.4) is 0 Å². The van der Waals surface area contributed by atoms with Gasteiger partial charge in [-0.2, -0.15) is 0 Å². The lowest BCUT2D eigenvalue weighted by Crippen LogP contribution is -2.44.